The van der Waals surface area contributed by atoms with Crippen LogP contribution < -0.4 is 0 Å². The first-order chi connectivity index (χ1) is 6.70. The van der Waals surface area contributed by atoms with Crippen LogP contribution in [0.5, 0.6) is 0 Å². The predicted octanol–water partition coefficient (Wildman–Crippen LogP) is 2.26. The summed E-state index contributed by atoms with van der Waals surface area (Å²) in [5.41, 5.74) is 3.15. The fourth-order valence-corrected chi connectivity index (χ4v) is 2.04. The highest BCUT2D eigenvalue weighted by molar-refractivity contribution is 5.74. The quantitative estimate of drug-likeness (QED) is 0.634. The summed E-state index contributed by atoms with van der Waals surface area (Å²) in [5, 5.41) is 0. The van der Waals surface area contributed by atoms with Crippen LogP contribution in [0.4, 0.5) is 0 Å². The van der Waals surface area contributed by atoms with Crippen molar-refractivity contribution in [2.75, 3.05) is 0 Å². The standard InChI is InChI=1S/C12H15NO/c1-8-3-11-5-10(7-14)6-13-12(11)4-9(8)2/h5-9H,3-4H2,1-2H3. The third-order valence-corrected chi connectivity index (χ3v) is 3.25. The number of nitrogens with zero attached hydrogens (tertiary/aromatic N) is 1. The molecule has 0 saturated carbocycles. The SMILES string of the molecule is CC1Cc2cc(C=O)cnc2CC1C. The average molecular weight is 189 g/mol. The molecular formula is C12H15NO. The average Bonchev–Trinajstić information content (AvgIpc) is 2.19. The van der Waals surface area contributed by atoms with E-state index in [1.807, 2.05) is 6.07 Å². The molecular weight excluding hydrogens is 174 g/mol. The van der Waals surface area contributed by atoms with Crippen LogP contribution in [0.15, 0.2) is 12.3 Å². The van der Waals surface area contributed by atoms with E-state index in [9.17, 15) is 4.79 Å². The first kappa shape index (κ1) is 9.38. The normalized spacial score (nSPS) is 25.6. The summed E-state index contributed by atoms with van der Waals surface area (Å²) in [6.45, 7) is 4.53. The molecule has 14 heavy (non-hydrogen) atoms. The molecule has 2 unspecified atom stereocenters. The summed E-state index contributed by atoms with van der Waals surface area (Å²) in [4.78, 5) is 14.9. The van der Waals surface area contributed by atoms with E-state index in [0.717, 1.165) is 19.1 Å². The van der Waals surface area contributed by atoms with Crippen molar-refractivity contribution in [2.24, 2.45) is 11.8 Å². The molecule has 2 nitrogen and oxygen atoms in total. The van der Waals surface area contributed by atoms with Gasteiger partial charge in [0.2, 0.25) is 0 Å². The Bertz CT molecular complexity index is 359. The van der Waals surface area contributed by atoms with E-state index >= 15 is 0 Å². The lowest BCUT2D eigenvalue weighted by atomic mass is 9.80. The number of rotatable bonds is 1. The van der Waals surface area contributed by atoms with E-state index in [2.05, 4.69) is 18.8 Å². The van der Waals surface area contributed by atoms with Crippen molar-refractivity contribution < 1.29 is 4.79 Å². The molecule has 74 valence electrons. The second kappa shape index (κ2) is 3.52. The highest BCUT2D eigenvalue weighted by Crippen LogP contribution is 2.28. The van der Waals surface area contributed by atoms with Crippen molar-refractivity contribution in [3.8, 4) is 0 Å². The van der Waals surface area contributed by atoms with Gasteiger partial charge in [0.25, 0.3) is 0 Å². The Labute approximate surface area is 84.4 Å². The summed E-state index contributed by atoms with van der Waals surface area (Å²) in [5.74, 6) is 1.41. The number of aldehydes is 1. The monoisotopic (exact) mass is 189 g/mol. The maximum atomic E-state index is 10.6. The molecule has 0 bridgehead atoms. The summed E-state index contributed by atoms with van der Waals surface area (Å²) in [6, 6.07) is 1.98. The van der Waals surface area contributed by atoms with E-state index in [1.165, 1.54) is 11.3 Å². The number of pyridine rings is 1. The molecule has 1 heterocycles. The van der Waals surface area contributed by atoms with E-state index in [1.54, 1.807) is 6.20 Å². The second-order valence-corrected chi connectivity index (χ2v) is 4.36. The first-order valence-corrected chi connectivity index (χ1v) is 5.13. The number of carbonyl (C=O) groups excluding carboxylic acids is 1. The molecule has 2 heteroatoms. The lowest BCUT2D eigenvalue weighted by molar-refractivity contribution is 0.112. The van der Waals surface area contributed by atoms with Crippen LogP contribution >= 0.6 is 0 Å². The van der Waals surface area contributed by atoms with Crippen LogP contribution in [0.2, 0.25) is 0 Å². The van der Waals surface area contributed by atoms with Crippen LogP contribution in [0.25, 0.3) is 0 Å². The fourth-order valence-electron chi connectivity index (χ4n) is 2.04. The molecule has 0 aliphatic heterocycles. The Hall–Kier alpha value is -1.18. The Kier molecular flexibility index (Phi) is 2.36. The summed E-state index contributed by atoms with van der Waals surface area (Å²) >= 11 is 0. The van der Waals surface area contributed by atoms with E-state index < -0.39 is 0 Å². The van der Waals surface area contributed by atoms with Gasteiger partial charge in [-0.15, -0.1) is 0 Å². The van der Waals surface area contributed by atoms with Gasteiger partial charge in [-0.05, 0) is 36.3 Å². The van der Waals surface area contributed by atoms with Gasteiger partial charge in [0, 0.05) is 17.5 Å². The Morgan fingerprint density at radius 2 is 2.07 bits per heavy atom. The largest absolute Gasteiger partial charge is 0.298 e. The smallest absolute Gasteiger partial charge is 0.151 e. The number of carbonyl (C=O) groups is 1. The molecule has 1 aliphatic rings. The number of fused-ring (bicyclic) bond motifs is 1. The van der Waals surface area contributed by atoms with E-state index in [4.69, 9.17) is 0 Å². The number of hydrogen-bond acceptors (Lipinski definition) is 2. The molecule has 0 radical (unpaired) electrons. The third-order valence-electron chi connectivity index (χ3n) is 3.25. The highest BCUT2D eigenvalue weighted by Gasteiger charge is 2.22. The maximum absolute atomic E-state index is 10.6. The van der Waals surface area contributed by atoms with Gasteiger partial charge in [-0.25, -0.2) is 0 Å². The van der Waals surface area contributed by atoms with Crippen LogP contribution in [0.3, 0.4) is 0 Å². The van der Waals surface area contributed by atoms with Gasteiger partial charge >= 0.3 is 0 Å². The molecule has 0 fully saturated rings. The molecule has 0 saturated heterocycles. The van der Waals surface area contributed by atoms with Gasteiger partial charge < -0.3 is 0 Å². The van der Waals surface area contributed by atoms with Gasteiger partial charge in [-0.3, -0.25) is 9.78 Å². The zero-order valence-electron chi connectivity index (χ0n) is 8.66. The lowest BCUT2D eigenvalue weighted by Crippen LogP contribution is -2.21. The third kappa shape index (κ3) is 1.57. The minimum Gasteiger partial charge on any atom is -0.298 e. The van der Waals surface area contributed by atoms with Crippen molar-refractivity contribution in [3.63, 3.8) is 0 Å². The Balaban J connectivity index is 2.37. The number of hydrogen-bond donors (Lipinski definition) is 0. The molecule has 0 amide bonds. The van der Waals surface area contributed by atoms with Crippen LogP contribution in [-0.4, -0.2) is 11.3 Å². The van der Waals surface area contributed by atoms with Crippen LogP contribution in [-0.2, 0) is 12.8 Å². The fraction of sp³-hybridized carbons (Fsp3) is 0.500. The topological polar surface area (TPSA) is 30.0 Å². The zero-order chi connectivity index (χ0) is 10.1. The Morgan fingerprint density at radius 1 is 1.36 bits per heavy atom. The van der Waals surface area contributed by atoms with Crippen LogP contribution in [0, 0.1) is 11.8 Å². The molecule has 1 aliphatic carbocycles. The van der Waals surface area contributed by atoms with E-state index in [0.29, 0.717) is 17.4 Å². The molecule has 2 atom stereocenters. The van der Waals surface area contributed by atoms with Gasteiger partial charge in [-0.2, -0.15) is 0 Å². The molecule has 0 aromatic carbocycles. The minimum absolute atomic E-state index is 0.700. The van der Waals surface area contributed by atoms with Crippen molar-refractivity contribution in [3.05, 3.63) is 29.1 Å². The van der Waals surface area contributed by atoms with Crippen LogP contribution in [0.1, 0.15) is 35.5 Å². The van der Waals surface area contributed by atoms with Gasteiger partial charge in [0.1, 0.15) is 0 Å². The maximum Gasteiger partial charge on any atom is 0.151 e. The van der Waals surface area contributed by atoms with Crippen molar-refractivity contribution >= 4 is 6.29 Å². The summed E-state index contributed by atoms with van der Waals surface area (Å²) in [7, 11) is 0. The molecule has 2 rings (SSSR count). The number of aromatic nitrogens is 1. The zero-order valence-corrected chi connectivity index (χ0v) is 8.66. The van der Waals surface area contributed by atoms with Crippen molar-refractivity contribution in [1.29, 1.82) is 0 Å². The lowest BCUT2D eigenvalue weighted by Gasteiger charge is -2.27. The van der Waals surface area contributed by atoms with Gasteiger partial charge in [-0.1, -0.05) is 13.8 Å². The summed E-state index contributed by atoms with van der Waals surface area (Å²) < 4.78 is 0. The van der Waals surface area contributed by atoms with Crippen molar-refractivity contribution in [2.45, 2.75) is 26.7 Å². The van der Waals surface area contributed by atoms with Crippen molar-refractivity contribution in [1.82, 2.24) is 4.98 Å². The molecule has 1 aromatic rings. The summed E-state index contributed by atoms with van der Waals surface area (Å²) in [6.07, 6.45) is 4.66. The van der Waals surface area contributed by atoms with Gasteiger partial charge in [0.05, 0.1) is 0 Å². The molecule has 0 N–H and O–H groups in total. The predicted molar refractivity (Wildman–Crippen MR) is 55.4 cm³/mol. The minimum atomic E-state index is 0.700. The first-order valence-electron chi connectivity index (χ1n) is 5.13. The highest BCUT2D eigenvalue weighted by atomic mass is 16.1. The Morgan fingerprint density at radius 3 is 2.79 bits per heavy atom. The molecule has 1 aromatic heterocycles. The second-order valence-electron chi connectivity index (χ2n) is 4.36. The van der Waals surface area contributed by atoms with E-state index in [-0.39, 0.29) is 0 Å². The van der Waals surface area contributed by atoms with Gasteiger partial charge in [0.15, 0.2) is 6.29 Å². The molecule has 0 spiro atoms.